The minimum Gasteiger partial charge on any atom is -0.496 e. The summed E-state index contributed by atoms with van der Waals surface area (Å²) in [4.78, 5) is 11.2. The van der Waals surface area contributed by atoms with Crippen LogP contribution in [0.1, 0.15) is 16.7 Å². The van der Waals surface area contributed by atoms with Crippen molar-refractivity contribution in [3.05, 3.63) is 101 Å². The van der Waals surface area contributed by atoms with Crippen molar-refractivity contribution < 1.29 is 4.74 Å². The number of aromatic nitrogens is 2. The number of para-hydroxylation sites is 1. The van der Waals surface area contributed by atoms with E-state index in [9.17, 15) is 0 Å². The van der Waals surface area contributed by atoms with Crippen molar-refractivity contribution in [3.63, 3.8) is 0 Å². The van der Waals surface area contributed by atoms with Gasteiger partial charge in [-0.25, -0.2) is 9.97 Å². The first kappa shape index (κ1) is 20.5. The number of ether oxygens (including phenoxy) is 1. The first-order valence-electron chi connectivity index (χ1n) is 10.5. The Balaban J connectivity index is 1.35. The molecule has 6 heteroatoms. The van der Waals surface area contributed by atoms with E-state index in [0.717, 1.165) is 52.9 Å². The lowest BCUT2D eigenvalue weighted by molar-refractivity contribution is 0.275. The summed E-state index contributed by atoms with van der Waals surface area (Å²) in [7, 11) is 1.66. The lowest BCUT2D eigenvalue weighted by atomic mass is 10.1. The minimum atomic E-state index is 0.711. The number of hydrogen-bond acceptors (Lipinski definition) is 5. The first-order chi connectivity index (χ1) is 15.7. The Hall–Kier alpha value is -3.41. The van der Waals surface area contributed by atoms with Gasteiger partial charge < -0.3 is 10.1 Å². The third-order valence-corrected chi connectivity index (χ3v) is 6.04. The molecular formula is C26H23ClN4O. The fourth-order valence-electron chi connectivity index (χ4n) is 4.11. The molecule has 3 aromatic carbocycles. The molecule has 1 aromatic heterocycles. The van der Waals surface area contributed by atoms with Crippen LogP contribution in [0.3, 0.4) is 0 Å². The summed E-state index contributed by atoms with van der Waals surface area (Å²) in [5.41, 5.74) is 6.52. The van der Waals surface area contributed by atoms with Crippen LogP contribution in [0, 0.1) is 0 Å². The molecule has 160 valence electrons. The quantitative estimate of drug-likeness (QED) is 0.393. The Bertz CT molecular complexity index is 1240. The predicted molar refractivity (Wildman–Crippen MR) is 128 cm³/mol. The molecular weight excluding hydrogens is 420 g/mol. The molecule has 0 amide bonds. The molecule has 0 saturated carbocycles. The Kier molecular flexibility index (Phi) is 5.75. The van der Waals surface area contributed by atoms with Gasteiger partial charge in [0.15, 0.2) is 0 Å². The standard InChI is InChI=1S/C26H23ClN4O/c1-32-25-9-5-4-8-22(25)24-13-26(29-17-28-24)30-21-10-11-23(27)20(12-21)16-31-14-18-6-2-3-7-19(18)15-31/h2-13,17H,14-16H2,1H3,(H,28,29,30). The zero-order chi connectivity index (χ0) is 21.9. The fraction of sp³-hybridized carbons (Fsp3) is 0.154. The van der Waals surface area contributed by atoms with Gasteiger partial charge in [0.25, 0.3) is 0 Å². The van der Waals surface area contributed by atoms with Crippen LogP contribution in [0.25, 0.3) is 11.3 Å². The maximum absolute atomic E-state index is 6.53. The lowest BCUT2D eigenvalue weighted by Gasteiger charge is -2.17. The molecule has 5 rings (SSSR count). The maximum Gasteiger partial charge on any atom is 0.134 e. The number of halogens is 1. The number of nitrogens with zero attached hydrogens (tertiary/aromatic N) is 3. The number of benzene rings is 3. The van der Waals surface area contributed by atoms with Crippen LogP contribution in [0.15, 0.2) is 79.1 Å². The van der Waals surface area contributed by atoms with Crippen molar-refractivity contribution in [2.45, 2.75) is 19.6 Å². The molecule has 0 saturated heterocycles. The fourth-order valence-corrected chi connectivity index (χ4v) is 4.28. The average molecular weight is 443 g/mol. The van der Waals surface area contributed by atoms with E-state index in [0.29, 0.717) is 5.82 Å². The molecule has 4 aromatic rings. The Morgan fingerprint density at radius 2 is 1.69 bits per heavy atom. The van der Waals surface area contributed by atoms with Gasteiger partial charge in [0.05, 0.1) is 12.8 Å². The molecule has 0 fully saturated rings. The first-order valence-corrected chi connectivity index (χ1v) is 10.9. The topological polar surface area (TPSA) is 50.3 Å². The molecule has 0 spiro atoms. The van der Waals surface area contributed by atoms with Crippen molar-refractivity contribution in [1.82, 2.24) is 14.9 Å². The Morgan fingerprint density at radius 1 is 0.938 bits per heavy atom. The van der Waals surface area contributed by atoms with Gasteiger partial charge in [0, 0.05) is 42.0 Å². The Labute approximate surface area is 192 Å². The van der Waals surface area contributed by atoms with E-state index in [1.807, 2.05) is 42.5 Å². The largest absolute Gasteiger partial charge is 0.496 e. The zero-order valence-electron chi connectivity index (χ0n) is 17.8. The molecule has 2 heterocycles. The molecule has 0 radical (unpaired) electrons. The molecule has 5 nitrogen and oxygen atoms in total. The van der Waals surface area contributed by atoms with Gasteiger partial charge in [-0.2, -0.15) is 0 Å². The molecule has 0 atom stereocenters. The third-order valence-electron chi connectivity index (χ3n) is 5.67. The molecule has 1 N–H and O–H groups in total. The van der Waals surface area contributed by atoms with Crippen LogP contribution in [-0.4, -0.2) is 22.0 Å². The highest BCUT2D eigenvalue weighted by Gasteiger charge is 2.19. The van der Waals surface area contributed by atoms with Gasteiger partial charge in [0.2, 0.25) is 0 Å². The molecule has 1 aliphatic heterocycles. The summed E-state index contributed by atoms with van der Waals surface area (Å²) >= 11 is 6.53. The second-order valence-corrected chi connectivity index (χ2v) is 8.24. The van der Waals surface area contributed by atoms with Crippen LogP contribution < -0.4 is 10.1 Å². The normalized spacial score (nSPS) is 13.1. The van der Waals surface area contributed by atoms with E-state index < -0.39 is 0 Å². The number of fused-ring (bicyclic) bond motifs is 1. The number of nitrogens with one attached hydrogen (secondary N) is 1. The molecule has 0 bridgehead atoms. The summed E-state index contributed by atoms with van der Waals surface area (Å²) in [6.07, 6.45) is 1.56. The summed E-state index contributed by atoms with van der Waals surface area (Å²) in [6.45, 7) is 2.68. The molecule has 32 heavy (non-hydrogen) atoms. The van der Waals surface area contributed by atoms with Crippen LogP contribution in [0.2, 0.25) is 5.02 Å². The third kappa shape index (κ3) is 4.31. The zero-order valence-corrected chi connectivity index (χ0v) is 18.5. The number of hydrogen-bond donors (Lipinski definition) is 1. The van der Waals surface area contributed by atoms with Crippen LogP contribution >= 0.6 is 11.6 Å². The second-order valence-electron chi connectivity index (χ2n) is 7.83. The summed E-state index contributed by atoms with van der Waals surface area (Å²) < 4.78 is 5.47. The minimum absolute atomic E-state index is 0.711. The number of rotatable bonds is 6. The van der Waals surface area contributed by atoms with Gasteiger partial charge in [-0.1, -0.05) is 48.0 Å². The van der Waals surface area contributed by atoms with E-state index in [-0.39, 0.29) is 0 Å². The SMILES string of the molecule is COc1ccccc1-c1cc(Nc2ccc(Cl)c(CN3Cc4ccccc4C3)c2)ncn1. The lowest BCUT2D eigenvalue weighted by Crippen LogP contribution is -2.16. The number of methoxy groups -OCH3 is 1. The van der Waals surface area contributed by atoms with Gasteiger partial charge in [-0.3, -0.25) is 4.90 Å². The molecule has 1 aliphatic rings. The second kappa shape index (κ2) is 8.99. The van der Waals surface area contributed by atoms with Crippen LogP contribution in [0.5, 0.6) is 5.75 Å². The monoisotopic (exact) mass is 442 g/mol. The van der Waals surface area contributed by atoms with Gasteiger partial charge in [-0.05, 0) is 47.0 Å². The Morgan fingerprint density at radius 3 is 2.47 bits per heavy atom. The van der Waals surface area contributed by atoms with Crippen LogP contribution in [-0.2, 0) is 19.6 Å². The molecule has 0 unspecified atom stereocenters. The van der Waals surface area contributed by atoms with Gasteiger partial charge >= 0.3 is 0 Å². The predicted octanol–water partition coefficient (Wildman–Crippen LogP) is 6.07. The smallest absolute Gasteiger partial charge is 0.134 e. The highest BCUT2D eigenvalue weighted by molar-refractivity contribution is 6.31. The summed E-state index contributed by atoms with van der Waals surface area (Å²) in [5.74, 6) is 1.49. The van der Waals surface area contributed by atoms with Crippen molar-refractivity contribution in [2.24, 2.45) is 0 Å². The van der Waals surface area contributed by atoms with E-state index in [4.69, 9.17) is 16.3 Å². The van der Waals surface area contributed by atoms with E-state index in [2.05, 4.69) is 50.5 Å². The average Bonchev–Trinajstić information content (AvgIpc) is 3.24. The van der Waals surface area contributed by atoms with Gasteiger partial charge in [0.1, 0.15) is 17.9 Å². The van der Waals surface area contributed by atoms with E-state index in [1.165, 1.54) is 11.1 Å². The number of anilines is 2. The van der Waals surface area contributed by atoms with E-state index in [1.54, 1.807) is 13.4 Å². The highest BCUT2D eigenvalue weighted by atomic mass is 35.5. The highest BCUT2D eigenvalue weighted by Crippen LogP contribution is 2.31. The van der Waals surface area contributed by atoms with Crippen molar-refractivity contribution >= 4 is 23.1 Å². The van der Waals surface area contributed by atoms with Crippen molar-refractivity contribution in [2.75, 3.05) is 12.4 Å². The van der Waals surface area contributed by atoms with Gasteiger partial charge in [-0.15, -0.1) is 0 Å². The van der Waals surface area contributed by atoms with E-state index >= 15 is 0 Å². The maximum atomic E-state index is 6.53. The summed E-state index contributed by atoms with van der Waals surface area (Å²) in [5, 5.41) is 4.16. The van der Waals surface area contributed by atoms with Crippen LogP contribution in [0.4, 0.5) is 11.5 Å². The summed E-state index contributed by atoms with van der Waals surface area (Å²) in [6, 6.07) is 24.3. The van der Waals surface area contributed by atoms with Crippen molar-refractivity contribution in [3.8, 4) is 17.0 Å². The molecule has 0 aliphatic carbocycles. The van der Waals surface area contributed by atoms with Crippen molar-refractivity contribution in [1.29, 1.82) is 0 Å².